The van der Waals surface area contributed by atoms with Gasteiger partial charge in [-0.2, -0.15) is 13.2 Å². The largest absolute Gasteiger partial charge is 0.416 e. The third-order valence-corrected chi connectivity index (χ3v) is 6.01. The van der Waals surface area contributed by atoms with E-state index in [0.717, 1.165) is 28.0 Å². The Hall–Kier alpha value is -3.27. The molecule has 0 spiro atoms. The zero-order chi connectivity index (χ0) is 22.2. The minimum absolute atomic E-state index is 0.0822. The van der Waals surface area contributed by atoms with Crippen LogP contribution < -0.4 is 5.32 Å². The number of imidazole rings is 1. The number of hydrogen-bond acceptors (Lipinski definition) is 6. The molecule has 6 nitrogen and oxygen atoms in total. The predicted molar refractivity (Wildman–Crippen MR) is 113 cm³/mol. The first-order valence-electron chi connectivity index (χ1n) is 9.41. The fraction of sp³-hybridized carbons (Fsp3) is 0.238. The van der Waals surface area contributed by atoms with Gasteiger partial charge in [0.1, 0.15) is 11.2 Å². The van der Waals surface area contributed by atoms with Gasteiger partial charge in [-0.05, 0) is 36.2 Å². The average Bonchev–Trinajstić information content (AvgIpc) is 3.34. The van der Waals surface area contributed by atoms with Gasteiger partial charge in [0, 0.05) is 30.2 Å². The van der Waals surface area contributed by atoms with Gasteiger partial charge in [0.2, 0.25) is 0 Å². The van der Waals surface area contributed by atoms with Crippen LogP contribution in [0.15, 0.2) is 49.1 Å². The number of fused-ring (bicyclic) bond motifs is 1. The van der Waals surface area contributed by atoms with Crippen LogP contribution in [0.2, 0.25) is 0 Å². The first kappa shape index (κ1) is 21.0. The lowest BCUT2D eigenvalue weighted by molar-refractivity contribution is -0.137. The summed E-state index contributed by atoms with van der Waals surface area (Å²) in [5.41, 5.74) is 1.75. The van der Waals surface area contributed by atoms with Crippen molar-refractivity contribution in [3.05, 3.63) is 65.2 Å². The molecule has 1 N–H and O–H groups in total. The number of Topliss-reactive ketones (excluding diaryl/α,β-unsaturated/α-hetero) is 1. The van der Waals surface area contributed by atoms with Crippen LogP contribution in [0.1, 0.15) is 40.2 Å². The number of thiazole rings is 1. The van der Waals surface area contributed by atoms with Gasteiger partial charge in [0.25, 0.3) is 0 Å². The highest BCUT2D eigenvalue weighted by atomic mass is 32.1. The molecule has 31 heavy (non-hydrogen) atoms. The van der Waals surface area contributed by atoms with Crippen molar-refractivity contribution in [2.24, 2.45) is 7.05 Å². The van der Waals surface area contributed by atoms with Crippen LogP contribution in [-0.2, 0) is 13.2 Å². The molecule has 0 fully saturated rings. The van der Waals surface area contributed by atoms with Crippen LogP contribution in [0.25, 0.3) is 11.0 Å². The van der Waals surface area contributed by atoms with E-state index < -0.39 is 11.7 Å². The van der Waals surface area contributed by atoms with Crippen molar-refractivity contribution in [1.82, 2.24) is 19.5 Å². The van der Waals surface area contributed by atoms with Gasteiger partial charge in [-0.25, -0.2) is 9.97 Å². The first-order valence-corrected chi connectivity index (χ1v) is 10.2. The highest BCUT2D eigenvalue weighted by Gasteiger charge is 2.30. The van der Waals surface area contributed by atoms with Gasteiger partial charge in [0.05, 0.1) is 23.6 Å². The summed E-state index contributed by atoms with van der Waals surface area (Å²) in [6.07, 6.45) is 0.827. The number of ketones is 1. The number of rotatable bonds is 6. The van der Waals surface area contributed by atoms with E-state index in [1.807, 2.05) is 18.5 Å². The number of alkyl halides is 3. The van der Waals surface area contributed by atoms with Crippen molar-refractivity contribution in [1.29, 1.82) is 0 Å². The lowest BCUT2D eigenvalue weighted by Gasteiger charge is -2.08. The Morgan fingerprint density at radius 2 is 1.90 bits per heavy atom. The third-order valence-electron chi connectivity index (χ3n) is 4.86. The average molecular weight is 445 g/mol. The van der Waals surface area contributed by atoms with Gasteiger partial charge < -0.3 is 9.88 Å². The fourth-order valence-electron chi connectivity index (χ4n) is 3.10. The molecule has 0 saturated heterocycles. The highest BCUT2D eigenvalue weighted by molar-refractivity contribution is 7.15. The second-order valence-corrected chi connectivity index (χ2v) is 8.27. The normalized spacial score (nSPS) is 12.8. The molecule has 1 atom stereocenters. The van der Waals surface area contributed by atoms with E-state index in [0.29, 0.717) is 16.5 Å². The van der Waals surface area contributed by atoms with Crippen LogP contribution in [0.5, 0.6) is 0 Å². The Labute approximate surface area is 179 Å². The third kappa shape index (κ3) is 4.58. The zero-order valence-electron chi connectivity index (χ0n) is 16.6. The maximum absolute atomic E-state index is 12.7. The summed E-state index contributed by atoms with van der Waals surface area (Å²) in [5, 5.41) is 3.54. The summed E-state index contributed by atoms with van der Waals surface area (Å²) in [6, 6.07) is 6.49. The van der Waals surface area contributed by atoms with E-state index in [2.05, 4.69) is 20.3 Å². The molecular weight excluding hydrogens is 427 g/mol. The molecule has 0 aliphatic rings. The molecule has 0 radical (unpaired) electrons. The minimum Gasteiger partial charge on any atom is -0.334 e. The number of halogens is 3. The smallest absolute Gasteiger partial charge is 0.334 e. The summed E-state index contributed by atoms with van der Waals surface area (Å²) in [7, 11) is 1.86. The Bertz CT molecular complexity index is 1230. The Morgan fingerprint density at radius 1 is 1.16 bits per heavy atom. The van der Waals surface area contributed by atoms with E-state index in [9.17, 15) is 18.0 Å². The molecule has 0 amide bonds. The molecule has 1 unspecified atom stereocenters. The summed E-state index contributed by atoms with van der Waals surface area (Å²) < 4.78 is 39.9. The van der Waals surface area contributed by atoms with Crippen molar-refractivity contribution < 1.29 is 18.0 Å². The monoisotopic (exact) mass is 445 g/mol. The molecule has 10 heteroatoms. The molecule has 0 aliphatic carbocycles. The second-order valence-electron chi connectivity index (χ2n) is 7.21. The van der Waals surface area contributed by atoms with Crippen LogP contribution in [0, 0.1) is 0 Å². The molecular formula is C21H18F3N5OS. The summed E-state index contributed by atoms with van der Waals surface area (Å²) in [4.78, 5) is 26.3. The molecule has 4 aromatic rings. The van der Waals surface area contributed by atoms with Crippen molar-refractivity contribution >= 4 is 39.0 Å². The lowest BCUT2D eigenvalue weighted by atomic mass is 10.0. The van der Waals surface area contributed by atoms with Crippen molar-refractivity contribution in [2.45, 2.75) is 25.4 Å². The van der Waals surface area contributed by atoms with E-state index in [-0.39, 0.29) is 18.1 Å². The first-order chi connectivity index (χ1) is 14.7. The van der Waals surface area contributed by atoms with Crippen LogP contribution in [0.3, 0.4) is 0 Å². The number of anilines is 2. The summed E-state index contributed by atoms with van der Waals surface area (Å²) >= 11 is 1.36. The Morgan fingerprint density at radius 3 is 2.61 bits per heavy atom. The maximum Gasteiger partial charge on any atom is 0.416 e. The van der Waals surface area contributed by atoms with E-state index in [1.165, 1.54) is 23.5 Å². The molecule has 4 rings (SSSR count). The maximum atomic E-state index is 12.7. The number of hydrogen-bond donors (Lipinski definition) is 1. The van der Waals surface area contributed by atoms with Gasteiger partial charge in [-0.15, -0.1) is 11.3 Å². The number of carbonyl (C=O) groups excluding carboxylic acids is 1. The number of nitrogens with one attached hydrogen (secondary N) is 1. The number of carbonyl (C=O) groups is 1. The van der Waals surface area contributed by atoms with Gasteiger partial charge in [-0.3, -0.25) is 9.78 Å². The Balaban J connectivity index is 1.42. The highest BCUT2D eigenvalue weighted by Crippen LogP contribution is 2.33. The second kappa shape index (κ2) is 8.10. The molecule has 3 heterocycles. The van der Waals surface area contributed by atoms with E-state index in [1.54, 1.807) is 24.8 Å². The number of benzene rings is 1. The van der Waals surface area contributed by atoms with Crippen LogP contribution >= 0.6 is 11.3 Å². The number of aryl methyl sites for hydroxylation is 1. The standard InChI is InChI=1S/C21H18F3N5OS/c1-12(7-18(30)15-8-17-16(9-25-15)27-11-29(17)2)19-10-26-20(31-19)28-14-5-3-13(4-6-14)21(22,23)24/h3-6,8-12H,7H2,1-2H3,(H,26,28). The Kier molecular flexibility index (Phi) is 5.48. The predicted octanol–water partition coefficient (Wildman–Crippen LogP) is 5.56. The van der Waals surface area contributed by atoms with Crippen LogP contribution in [-0.4, -0.2) is 25.3 Å². The molecule has 0 aliphatic heterocycles. The molecule has 3 aromatic heterocycles. The van der Waals surface area contributed by atoms with Crippen molar-refractivity contribution in [3.63, 3.8) is 0 Å². The van der Waals surface area contributed by atoms with Crippen molar-refractivity contribution in [3.8, 4) is 0 Å². The quantitative estimate of drug-likeness (QED) is 0.393. The topological polar surface area (TPSA) is 72.7 Å². The van der Waals surface area contributed by atoms with Gasteiger partial charge in [-0.1, -0.05) is 6.92 Å². The van der Waals surface area contributed by atoms with Gasteiger partial charge >= 0.3 is 6.18 Å². The van der Waals surface area contributed by atoms with Crippen LogP contribution in [0.4, 0.5) is 24.0 Å². The zero-order valence-corrected chi connectivity index (χ0v) is 17.5. The summed E-state index contributed by atoms with van der Waals surface area (Å²) in [6.45, 7) is 1.93. The molecule has 0 saturated carbocycles. The molecule has 0 bridgehead atoms. The summed E-state index contributed by atoms with van der Waals surface area (Å²) in [5.74, 6) is -0.168. The van der Waals surface area contributed by atoms with E-state index >= 15 is 0 Å². The number of nitrogens with zero attached hydrogens (tertiary/aromatic N) is 4. The number of pyridine rings is 1. The lowest BCUT2D eigenvalue weighted by Crippen LogP contribution is -2.06. The van der Waals surface area contributed by atoms with E-state index in [4.69, 9.17) is 0 Å². The SMILES string of the molecule is CC(CC(=O)c1cc2c(cn1)ncn2C)c1cnc(Nc2ccc(C(F)(F)F)cc2)s1. The number of aromatic nitrogens is 4. The minimum atomic E-state index is -4.37. The molecule has 1 aromatic carbocycles. The fourth-order valence-corrected chi connectivity index (χ4v) is 3.99. The van der Waals surface area contributed by atoms with Crippen molar-refractivity contribution in [2.75, 3.05) is 5.32 Å². The molecule has 160 valence electrons. The van der Waals surface area contributed by atoms with Gasteiger partial charge in [0.15, 0.2) is 10.9 Å².